The van der Waals surface area contributed by atoms with Crippen LogP contribution in [0.3, 0.4) is 0 Å². The van der Waals surface area contributed by atoms with Crippen LogP contribution in [0.4, 0.5) is 5.69 Å². The van der Waals surface area contributed by atoms with Crippen LogP contribution in [0.15, 0.2) is 23.1 Å². The lowest BCUT2D eigenvalue weighted by Gasteiger charge is -2.02. The summed E-state index contributed by atoms with van der Waals surface area (Å²) >= 11 is 5.94. The molecule has 0 spiro atoms. The number of rotatable bonds is 3. The van der Waals surface area contributed by atoms with Crippen LogP contribution in [0.5, 0.6) is 0 Å². The third-order valence-corrected chi connectivity index (χ3v) is 2.78. The Morgan fingerprint density at radius 3 is 3.00 bits per heavy atom. The average molecular weight is 253 g/mol. The zero-order chi connectivity index (χ0) is 12.4. The molecule has 6 heteroatoms. The molecular weight excluding hydrogens is 240 g/mol. The summed E-state index contributed by atoms with van der Waals surface area (Å²) in [6, 6.07) is 3.42. The summed E-state index contributed by atoms with van der Waals surface area (Å²) in [5, 5.41) is 3.23. The van der Waals surface area contributed by atoms with Gasteiger partial charge in [-0.2, -0.15) is 0 Å². The topological polar surface area (TPSA) is 76.7 Å². The van der Waals surface area contributed by atoms with E-state index in [-0.39, 0.29) is 16.4 Å². The summed E-state index contributed by atoms with van der Waals surface area (Å²) in [4.78, 5) is 15.9. The van der Waals surface area contributed by atoms with Crippen LogP contribution in [0.1, 0.15) is 19.0 Å². The molecule has 0 aliphatic rings. The molecule has 0 atom stereocenters. The van der Waals surface area contributed by atoms with Crippen LogP contribution in [0.25, 0.3) is 5.69 Å². The molecule has 0 radical (unpaired) electrons. The molecule has 0 saturated carbocycles. The monoisotopic (exact) mass is 252 g/mol. The van der Waals surface area contributed by atoms with Crippen molar-refractivity contribution >= 4 is 17.3 Å². The van der Waals surface area contributed by atoms with Crippen LogP contribution in [-0.2, 0) is 6.42 Å². The van der Waals surface area contributed by atoms with Gasteiger partial charge in [0.2, 0.25) is 0 Å². The fourth-order valence-electron chi connectivity index (χ4n) is 1.65. The number of nitrogen functional groups attached to an aromatic ring is 1. The number of aromatic amines is 1. The lowest BCUT2D eigenvalue weighted by Crippen LogP contribution is -2.17. The number of hydrogen-bond donors (Lipinski definition) is 2. The molecule has 3 N–H and O–H groups in total. The fourth-order valence-corrected chi connectivity index (χ4v) is 1.85. The van der Waals surface area contributed by atoms with E-state index in [1.54, 1.807) is 18.3 Å². The van der Waals surface area contributed by atoms with Crippen molar-refractivity contribution in [2.45, 2.75) is 19.8 Å². The summed E-state index contributed by atoms with van der Waals surface area (Å²) in [5.41, 5.74) is 6.94. The second-order valence-electron chi connectivity index (χ2n) is 3.71. The van der Waals surface area contributed by atoms with Gasteiger partial charge < -0.3 is 5.73 Å². The van der Waals surface area contributed by atoms with E-state index < -0.39 is 0 Å². The van der Waals surface area contributed by atoms with E-state index in [1.165, 1.54) is 4.68 Å². The van der Waals surface area contributed by atoms with Crippen LogP contribution in [0.2, 0.25) is 5.15 Å². The van der Waals surface area contributed by atoms with Gasteiger partial charge in [-0.3, -0.25) is 9.89 Å². The van der Waals surface area contributed by atoms with Gasteiger partial charge >= 0.3 is 0 Å². The first-order valence-corrected chi connectivity index (χ1v) is 5.73. The highest BCUT2D eigenvalue weighted by molar-refractivity contribution is 6.31. The Kier molecular flexibility index (Phi) is 3.19. The number of aryl methyl sites for hydroxylation is 1. The molecule has 0 aliphatic heterocycles. The highest BCUT2D eigenvalue weighted by Crippen LogP contribution is 2.16. The van der Waals surface area contributed by atoms with Gasteiger partial charge in [0, 0.05) is 6.20 Å². The molecule has 2 rings (SSSR count). The summed E-state index contributed by atoms with van der Waals surface area (Å²) < 4.78 is 1.33. The molecule has 0 unspecified atom stereocenters. The minimum atomic E-state index is -0.289. The number of nitrogens with zero attached hydrogens (tertiary/aromatic N) is 2. The molecule has 2 heterocycles. The first kappa shape index (κ1) is 11.7. The number of anilines is 1. The lowest BCUT2D eigenvalue weighted by atomic mass is 10.2. The summed E-state index contributed by atoms with van der Waals surface area (Å²) in [5.74, 6) is 0. The Morgan fingerprint density at radius 2 is 2.35 bits per heavy atom. The number of hydrogen-bond acceptors (Lipinski definition) is 3. The standard InChI is InChI=1S/C11H13ClN4O/c1-2-4-7-9(13)11(17)16(15-7)8-5-3-6-14-10(8)12/h3,5-6,15H,2,4,13H2,1H3. The van der Waals surface area contributed by atoms with Gasteiger partial charge in [0.25, 0.3) is 5.56 Å². The van der Waals surface area contributed by atoms with E-state index >= 15 is 0 Å². The predicted molar refractivity (Wildman–Crippen MR) is 67.6 cm³/mol. The van der Waals surface area contributed by atoms with E-state index in [1.807, 2.05) is 6.92 Å². The molecule has 2 aromatic heterocycles. The number of halogens is 1. The number of aromatic nitrogens is 3. The van der Waals surface area contributed by atoms with Crippen molar-refractivity contribution in [3.05, 3.63) is 39.5 Å². The number of H-pyrrole nitrogens is 1. The second kappa shape index (κ2) is 4.63. The highest BCUT2D eigenvalue weighted by atomic mass is 35.5. The molecule has 0 amide bonds. The third kappa shape index (κ3) is 2.06. The first-order chi connectivity index (χ1) is 8.15. The smallest absolute Gasteiger partial charge is 0.294 e. The van der Waals surface area contributed by atoms with Crippen molar-refractivity contribution in [2.75, 3.05) is 5.73 Å². The summed E-state index contributed by atoms with van der Waals surface area (Å²) in [6.45, 7) is 2.02. The van der Waals surface area contributed by atoms with Crippen molar-refractivity contribution in [3.8, 4) is 5.69 Å². The van der Waals surface area contributed by atoms with E-state index in [4.69, 9.17) is 17.3 Å². The Labute approximate surface area is 103 Å². The Bertz CT molecular complexity index is 587. The van der Waals surface area contributed by atoms with Crippen molar-refractivity contribution < 1.29 is 0 Å². The average Bonchev–Trinajstić information content (AvgIpc) is 2.59. The van der Waals surface area contributed by atoms with Gasteiger partial charge in [-0.1, -0.05) is 24.9 Å². The Balaban J connectivity index is 2.58. The minimum Gasteiger partial charge on any atom is -0.393 e. The van der Waals surface area contributed by atoms with Crippen molar-refractivity contribution in [1.29, 1.82) is 0 Å². The van der Waals surface area contributed by atoms with Gasteiger partial charge in [0.1, 0.15) is 11.4 Å². The predicted octanol–water partition coefficient (Wildman–Crippen LogP) is 1.75. The molecule has 0 bridgehead atoms. The van der Waals surface area contributed by atoms with Crippen molar-refractivity contribution in [3.63, 3.8) is 0 Å². The normalized spacial score (nSPS) is 10.7. The van der Waals surface area contributed by atoms with Crippen molar-refractivity contribution in [1.82, 2.24) is 14.8 Å². The molecule has 0 saturated heterocycles. The molecule has 90 valence electrons. The first-order valence-electron chi connectivity index (χ1n) is 5.35. The zero-order valence-corrected chi connectivity index (χ0v) is 10.2. The largest absolute Gasteiger partial charge is 0.393 e. The van der Waals surface area contributed by atoms with Gasteiger partial charge in [-0.05, 0) is 18.6 Å². The molecule has 2 aromatic rings. The molecular formula is C11H13ClN4O. The molecule has 0 fully saturated rings. The Hall–Kier alpha value is -1.75. The minimum absolute atomic E-state index is 0.242. The summed E-state index contributed by atoms with van der Waals surface area (Å²) in [6.07, 6.45) is 3.20. The maximum atomic E-state index is 11.9. The van der Waals surface area contributed by atoms with Crippen LogP contribution < -0.4 is 11.3 Å². The van der Waals surface area contributed by atoms with Crippen LogP contribution >= 0.6 is 11.6 Å². The maximum absolute atomic E-state index is 11.9. The van der Waals surface area contributed by atoms with Gasteiger partial charge in [0.15, 0.2) is 5.15 Å². The van der Waals surface area contributed by atoms with E-state index in [0.29, 0.717) is 5.69 Å². The number of nitrogens with one attached hydrogen (secondary N) is 1. The molecule has 0 aliphatic carbocycles. The van der Waals surface area contributed by atoms with E-state index in [0.717, 1.165) is 18.5 Å². The van der Waals surface area contributed by atoms with Gasteiger partial charge in [-0.25, -0.2) is 9.67 Å². The second-order valence-corrected chi connectivity index (χ2v) is 4.07. The molecule has 0 aromatic carbocycles. The lowest BCUT2D eigenvalue weighted by molar-refractivity contribution is 0.791. The number of nitrogens with two attached hydrogens (primary N) is 1. The quantitative estimate of drug-likeness (QED) is 0.817. The van der Waals surface area contributed by atoms with Gasteiger partial charge in [-0.15, -0.1) is 0 Å². The molecule has 17 heavy (non-hydrogen) atoms. The van der Waals surface area contributed by atoms with Crippen LogP contribution in [-0.4, -0.2) is 14.8 Å². The third-order valence-electron chi connectivity index (χ3n) is 2.49. The fraction of sp³-hybridized carbons (Fsp3) is 0.273. The molecule has 5 nitrogen and oxygen atoms in total. The van der Waals surface area contributed by atoms with E-state index in [9.17, 15) is 4.79 Å². The highest BCUT2D eigenvalue weighted by Gasteiger charge is 2.13. The van der Waals surface area contributed by atoms with Crippen molar-refractivity contribution in [2.24, 2.45) is 0 Å². The Morgan fingerprint density at radius 1 is 1.59 bits per heavy atom. The SMILES string of the molecule is CCCc1[nH]n(-c2cccnc2Cl)c(=O)c1N. The van der Waals surface area contributed by atoms with Gasteiger partial charge in [0.05, 0.1) is 5.69 Å². The van der Waals surface area contributed by atoms with Crippen LogP contribution in [0, 0.1) is 0 Å². The maximum Gasteiger partial charge on any atom is 0.294 e. The van der Waals surface area contributed by atoms with E-state index in [2.05, 4.69) is 10.1 Å². The summed E-state index contributed by atoms with van der Waals surface area (Å²) in [7, 11) is 0. The number of pyridine rings is 1. The zero-order valence-electron chi connectivity index (χ0n) is 9.40.